The molecule has 2 heterocycles. The summed E-state index contributed by atoms with van der Waals surface area (Å²) in [5.41, 5.74) is 1.22. The van der Waals surface area contributed by atoms with Gasteiger partial charge in [-0.1, -0.05) is 11.6 Å². The first kappa shape index (κ1) is 9.99. The molecule has 1 aliphatic heterocycles. The van der Waals surface area contributed by atoms with E-state index in [1.54, 1.807) is 0 Å². The highest BCUT2D eigenvalue weighted by atomic mass is 35.5. The number of nitrogens with zero attached hydrogens (tertiary/aromatic N) is 2. The molecule has 1 aromatic rings. The third-order valence-corrected chi connectivity index (χ3v) is 3.23. The van der Waals surface area contributed by atoms with Crippen molar-refractivity contribution in [1.82, 2.24) is 14.9 Å². The summed E-state index contributed by atoms with van der Waals surface area (Å²) in [7, 11) is 1.99. The monoisotopic (exact) mass is 213 g/mol. The van der Waals surface area contributed by atoms with Gasteiger partial charge in [0, 0.05) is 6.04 Å². The van der Waals surface area contributed by atoms with Gasteiger partial charge in [0.15, 0.2) is 0 Å². The summed E-state index contributed by atoms with van der Waals surface area (Å²) in [6.45, 7) is 1.06. The smallest absolute Gasteiger partial charge is 0.150 e. The molecule has 14 heavy (non-hydrogen) atoms. The van der Waals surface area contributed by atoms with E-state index >= 15 is 0 Å². The van der Waals surface area contributed by atoms with E-state index in [1.165, 1.54) is 18.5 Å². The second kappa shape index (κ2) is 4.32. The lowest BCUT2D eigenvalue weighted by atomic mass is 10.0. The molecule has 2 rings (SSSR count). The molecule has 1 aromatic heterocycles. The first-order valence-corrected chi connectivity index (χ1v) is 5.56. The molecule has 3 nitrogen and oxygen atoms in total. The van der Waals surface area contributed by atoms with E-state index in [9.17, 15) is 0 Å². The predicted molar refractivity (Wildman–Crippen MR) is 57.8 cm³/mol. The number of aromatic nitrogens is 2. The van der Waals surface area contributed by atoms with E-state index in [-0.39, 0.29) is 0 Å². The van der Waals surface area contributed by atoms with Crippen molar-refractivity contribution in [2.75, 3.05) is 13.6 Å². The average Bonchev–Trinajstić information content (AvgIpc) is 2.58. The molecule has 1 atom stereocenters. The van der Waals surface area contributed by atoms with Crippen molar-refractivity contribution in [1.29, 1.82) is 0 Å². The van der Waals surface area contributed by atoms with Gasteiger partial charge in [-0.05, 0) is 39.3 Å². The molecule has 78 valence electrons. The summed E-state index contributed by atoms with van der Waals surface area (Å²) in [6, 6.07) is 0.589. The van der Waals surface area contributed by atoms with Crippen LogP contribution in [-0.4, -0.2) is 23.1 Å². The van der Waals surface area contributed by atoms with E-state index < -0.39 is 0 Å². The van der Waals surface area contributed by atoms with Gasteiger partial charge in [-0.3, -0.25) is 0 Å². The largest absolute Gasteiger partial charge is 0.330 e. The number of nitrogens with one attached hydrogen (secondary N) is 1. The minimum absolute atomic E-state index is 0.589. The van der Waals surface area contributed by atoms with Crippen LogP contribution in [0, 0.1) is 0 Å². The van der Waals surface area contributed by atoms with Gasteiger partial charge in [0.05, 0.1) is 12.0 Å². The van der Waals surface area contributed by atoms with Crippen LogP contribution in [0.5, 0.6) is 0 Å². The Morgan fingerprint density at radius 3 is 3.36 bits per heavy atom. The Kier molecular flexibility index (Phi) is 3.08. The molecule has 0 aliphatic carbocycles. The lowest BCUT2D eigenvalue weighted by Crippen LogP contribution is -2.21. The second-order valence-corrected chi connectivity index (χ2v) is 4.19. The van der Waals surface area contributed by atoms with Crippen LogP contribution in [0.2, 0.25) is 5.15 Å². The Morgan fingerprint density at radius 2 is 2.57 bits per heavy atom. The van der Waals surface area contributed by atoms with Crippen molar-refractivity contribution < 1.29 is 0 Å². The van der Waals surface area contributed by atoms with Gasteiger partial charge < -0.3 is 9.88 Å². The highest BCUT2D eigenvalue weighted by Crippen LogP contribution is 2.30. The standard InChI is InChI=1S/C10H16ClN3/c1-12-6-5-8-3-2-4-9-10(11)13-7-14(8)9/h7-8,12H,2-6H2,1H3. The molecule has 0 fully saturated rings. The molecular weight excluding hydrogens is 198 g/mol. The minimum Gasteiger partial charge on any atom is -0.330 e. The number of halogens is 1. The predicted octanol–water partition coefficient (Wildman–Crippen LogP) is 2.02. The Morgan fingerprint density at radius 1 is 1.71 bits per heavy atom. The third kappa shape index (κ3) is 1.79. The molecule has 0 saturated carbocycles. The van der Waals surface area contributed by atoms with E-state index in [4.69, 9.17) is 11.6 Å². The van der Waals surface area contributed by atoms with Crippen LogP contribution in [0.1, 0.15) is 31.0 Å². The molecule has 4 heteroatoms. The zero-order chi connectivity index (χ0) is 9.97. The molecule has 1 aliphatic rings. The summed E-state index contributed by atoms with van der Waals surface area (Å²) in [6.07, 6.45) is 6.61. The highest BCUT2D eigenvalue weighted by Gasteiger charge is 2.21. The molecule has 0 radical (unpaired) electrons. The van der Waals surface area contributed by atoms with E-state index in [0.29, 0.717) is 11.2 Å². The van der Waals surface area contributed by atoms with Gasteiger partial charge in [-0.25, -0.2) is 4.98 Å². The Labute approximate surface area is 89.5 Å². The normalized spacial score (nSPS) is 20.9. The molecule has 1 N–H and O–H groups in total. The molecule has 0 spiro atoms. The number of rotatable bonds is 3. The van der Waals surface area contributed by atoms with Gasteiger partial charge in [0.1, 0.15) is 5.15 Å². The summed E-state index contributed by atoms with van der Waals surface area (Å²) >= 11 is 6.01. The maximum absolute atomic E-state index is 6.01. The summed E-state index contributed by atoms with van der Waals surface area (Å²) < 4.78 is 2.25. The lowest BCUT2D eigenvalue weighted by molar-refractivity contribution is 0.376. The first-order chi connectivity index (χ1) is 6.83. The van der Waals surface area contributed by atoms with Crippen LogP contribution in [0.15, 0.2) is 6.33 Å². The van der Waals surface area contributed by atoms with Gasteiger partial charge in [-0.15, -0.1) is 0 Å². The van der Waals surface area contributed by atoms with Crippen LogP contribution in [0.4, 0.5) is 0 Å². The first-order valence-electron chi connectivity index (χ1n) is 5.18. The quantitative estimate of drug-likeness (QED) is 0.833. The van der Waals surface area contributed by atoms with E-state index in [2.05, 4.69) is 14.9 Å². The lowest BCUT2D eigenvalue weighted by Gasteiger charge is -2.25. The zero-order valence-corrected chi connectivity index (χ0v) is 9.22. The number of imidazole rings is 1. The van der Waals surface area contributed by atoms with Crippen molar-refractivity contribution in [2.45, 2.75) is 31.7 Å². The zero-order valence-electron chi connectivity index (χ0n) is 8.46. The third-order valence-electron chi connectivity index (χ3n) is 2.92. The molecule has 0 amide bonds. The van der Waals surface area contributed by atoms with Crippen LogP contribution in [0.3, 0.4) is 0 Å². The number of hydrogen-bond acceptors (Lipinski definition) is 2. The number of fused-ring (bicyclic) bond motifs is 1. The van der Waals surface area contributed by atoms with Crippen LogP contribution < -0.4 is 5.32 Å². The van der Waals surface area contributed by atoms with Crippen LogP contribution >= 0.6 is 11.6 Å². The fourth-order valence-electron chi connectivity index (χ4n) is 2.15. The molecular formula is C10H16ClN3. The van der Waals surface area contributed by atoms with E-state index in [1.807, 2.05) is 13.4 Å². The molecule has 0 saturated heterocycles. The van der Waals surface area contributed by atoms with Gasteiger partial charge in [0.25, 0.3) is 0 Å². The van der Waals surface area contributed by atoms with Gasteiger partial charge in [-0.2, -0.15) is 0 Å². The minimum atomic E-state index is 0.589. The van der Waals surface area contributed by atoms with Crippen molar-refractivity contribution in [3.05, 3.63) is 17.2 Å². The maximum Gasteiger partial charge on any atom is 0.150 e. The summed E-state index contributed by atoms with van der Waals surface area (Å²) in [5, 5.41) is 3.88. The fraction of sp³-hybridized carbons (Fsp3) is 0.700. The van der Waals surface area contributed by atoms with Crippen molar-refractivity contribution >= 4 is 11.6 Å². The Bertz CT molecular complexity index is 308. The maximum atomic E-state index is 6.01. The topological polar surface area (TPSA) is 29.9 Å². The molecule has 0 bridgehead atoms. The van der Waals surface area contributed by atoms with Crippen molar-refractivity contribution in [2.24, 2.45) is 0 Å². The molecule has 1 unspecified atom stereocenters. The SMILES string of the molecule is CNCCC1CCCc2c(Cl)ncn21. The van der Waals surface area contributed by atoms with Crippen LogP contribution in [0.25, 0.3) is 0 Å². The summed E-state index contributed by atoms with van der Waals surface area (Å²) in [4.78, 5) is 4.16. The Hall–Kier alpha value is -0.540. The summed E-state index contributed by atoms with van der Waals surface area (Å²) in [5.74, 6) is 0. The van der Waals surface area contributed by atoms with Crippen molar-refractivity contribution in [3.8, 4) is 0 Å². The second-order valence-electron chi connectivity index (χ2n) is 3.83. The van der Waals surface area contributed by atoms with Crippen molar-refractivity contribution in [3.63, 3.8) is 0 Å². The number of hydrogen-bond donors (Lipinski definition) is 1. The molecule has 0 aromatic carbocycles. The Balaban J connectivity index is 2.14. The van der Waals surface area contributed by atoms with E-state index in [0.717, 1.165) is 19.4 Å². The highest BCUT2D eigenvalue weighted by molar-refractivity contribution is 6.30. The van der Waals surface area contributed by atoms with Gasteiger partial charge >= 0.3 is 0 Å². The average molecular weight is 214 g/mol. The fourth-order valence-corrected chi connectivity index (χ4v) is 2.38. The van der Waals surface area contributed by atoms with Crippen LogP contribution in [-0.2, 0) is 6.42 Å². The van der Waals surface area contributed by atoms with Gasteiger partial charge in [0.2, 0.25) is 0 Å².